The average molecular weight is 256 g/mol. The van der Waals surface area contributed by atoms with Crippen molar-refractivity contribution in [1.82, 2.24) is 0 Å². The van der Waals surface area contributed by atoms with Crippen LogP contribution >= 0.6 is 23.5 Å². The Morgan fingerprint density at radius 2 is 1.81 bits per heavy atom. The summed E-state index contributed by atoms with van der Waals surface area (Å²) in [6.07, 6.45) is 10.3. The highest BCUT2D eigenvalue weighted by Crippen LogP contribution is 2.36. The van der Waals surface area contributed by atoms with E-state index in [0.29, 0.717) is 11.7 Å². The zero-order valence-corrected chi connectivity index (χ0v) is 12.1. The molecule has 0 aromatic rings. The van der Waals surface area contributed by atoms with Crippen molar-refractivity contribution in [3.63, 3.8) is 0 Å². The van der Waals surface area contributed by atoms with E-state index in [2.05, 4.69) is 38.5 Å². The zero-order chi connectivity index (χ0) is 12.2. The summed E-state index contributed by atoms with van der Waals surface area (Å²) in [7, 11) is 0. The van der Waals surface area contributed by atoms with Crippen molar-refractivity contribution in [2.75, 3.05) is 24.0 Å². The summed E-state index contributed by atoms with van der Waals surface area (Å²) in [6.45, 7) is 4.18. The molecule has 1 aliphatic carbocycles. The minimum Gasteiger partial charge on any atom is -0.293 e. The van der Waals surface area contributed by atoms with Crippen molar-refractivity contribution in [1.29, 1.82) is 0 Å². The van der Waals surface area contributed by atoms with Gasteiger partial charge in [-0.15, -0.1) is 0 Å². The smallest absolute Gasteiger partial charge is 0.170 e. The predicted octanol–water partition coefficient (Wildman–Crippen LogP) is 3.42. The maximum absolute atomic E-state index is 12.5. The molecule has 90 valence electrons. The van der Waals surface area contributed by atoms with Gasteiger partial charge < -0.3 is 0 Å². The number of hydrogen-bond donors (Lipinski definition) is 0. The van der Waals surface area contributed by atoms with Gasteiger partial charge >= 0.3 is 0 Å². The number of carbonyl (C=O) groups excluding carboxylic acids is 1. The standard InChI is InChI=1S/C13H20OS2/c1-10(2)11-6-5-7-13(8-15-3,9-16-4)12(11)14/h5-7,10H,8-9H2,1-4H3. The maximum atomic E-state index is 12.5. The molecule has 1 rings (SSSR count). The van der Waals surface area contributed by atoms with Gasteiger partial charge in [0, 0.05) is 11.5 Å². The van der Waals surface area contributed by atoms with Crippen LogP contribution in [0.1, 0.15) is 13.8 Å². The van der Waals surface area contributed by atoms with Crippen LogP contribution in [0.5, 0.6) is 0 Å². The predicted molar refractivity (Wildman–Crippen MR) is 76.3 cm³/mol. The summed E-state index contributed by atoms with van der Waals surface area (Å²) in [4.78, 5) is 12.5. The Hall–Kier alpha value is -0.150. The Morgan fingerprint density at radius 1 is 1.25 bits per heavy atom. The Balaban J connectivity index is 3.01. The average Bonchev–Trinajstić information content (AvgIpc) is 2.22. The molecular weight excluding hydrogens is 236 g/mol. The van der Waals surface area contributed by atoms with E-state index in [1.165, 1.54) is 0 Å². The minimum atomic E-state index is -0.271. The number of Topliss-reactive ketones (excluding diaryl/α,β-unsaturated/α-hetero) is 1. The van der Waals surface area contributed by atoms with Crippen LogP contribution < -0.4 is 0 Å². The Morgan fingerprint density at radius 3 is 2.25 bits per heavy atom. The first kappa shape index (κ1) is 13.9. The summed E-state index contributed by atoms with van der Waals surface area (Å²) in [5, 5.41) is 0. The van der Waals surface area contributed by atoms with Crippen LogP contribution in [0.2, 0.25) is 0 Å². The van der Waals surface area contributed by atoms with Gasteiger partial charge in [0.05, 0.1) is 5.41 Å². The monoisotopic (exact) mass is 256 g/mol. The SMILES string of the molecule is CSCC1(CSC)C=CC=C(C(C)C)C1=O. The lowest BCUT2D eigenvalue weighted by atomic mass is 9.77. The van der Waals surface area contributed by atoms with Gasteiger partial charge in [0.2, 0.25) is 0 Å². The second-order valence-electron chi connectivity index (χ2n) is 4.49. The lowest BCUT2D eigenvalue weighted by Gasteiger charge is -2.32. The summed E-state index contributed by atoms with van der Waals surface area (Å²) in [6, 6.07) is 0. The summed E-state index contributed by atoms with van der Waals surface area (Å²) < 4.78 is 0. The maximum Gasteiger partial charge on any atom is 0.170 e. The zero-order valence-electron chi connectivity index (χ0n) is 10.4. The summed E-state index contributed by atoms with van der Waals surface area (Å²) >= 11 is 3.50. The van der Waals surface area contributed by atoms with Crippen LogP contribution in [0.3, 0.4) is 0 Å². The quantitative estimate of drug-likeness (QED) is 0.750. The van der Waals surface area contributed by atoms with Crippen molar-refractivity contribution in [2.45, 2.75) is 13.8 Å². The van der Waals surface area contributed by atoms with Crippen LogP contribution in [0.15, 0.2) is 23.8 Å². The van der Waals surface area contributed by atoms with Gasteiger partial charge in [-0.2, -0.15) is 23.5 Å². The van der Waals surface area contributed by atoms with E-state index in [1.807, 2.05) is 6.08 Å². The molecule has 0 aliphatic heterocycles. The molecule has 0 unspecified atom stereocenters. The van der Waals surface area contributed by atoms with Crippen LogP contribution in [0, 0.1) is 11.3 Å². The molecule has 1 nitrogen and oxygen atoms in total. The molecule has 0 saturated heterocycles. The fourth-order valence-electron chi connectivity index (χ4n) is 2.01. The molecule has 0 aromatic carbocycles. The van der Waals surface area contributed by atoms with E-state index in [-0.39, 0.29) is 5.41 Å². The third-order valence-electron chi connectivity index (χ3n) is 2.83. The molecule has 0 N–H and O–H groups in total. The number of allylic oxidation sites excluding steroid dienone is 4. The van der Waals surface area contributed by atoms with Crippen molar-refractivity contribution >= 4 is 29.3 Å². The Kier molecular flexibility index (Phi) is 5.19. The fraction of sp³-hybridized carbons (Fsp3) is 0.615. The number of hydrogen-bond acceptors (Lipinski definition) is 3. The van der Waals surface area contributed by atoms with E-state index in [0.717, 1.165) is 17.1 Å². The molecule has 3 heteroatoms. The van der Waals surface area contributed by atoms with Crippen LogP contribution in [-0.2, 0) is 4.79 Å². The van der Waals surface area contributed by atoms with Gasteiger partial charge in [0.25, 0.3) is 0 Å². The molecule has 0 spiro atoms. The molecular formula is C13H20OS2. The lowest BCUT2D eigenvalue weighted by molar-refractivity contribution is -0.121. The van der Waals surface area contributed by atoms with Gasteiger partial charge in [-0.25, -0.2) is 0 Å². The van der Waals surface area contributed by atoms with E-state index in [1.54, 1.807) is 23.5 Å². The van der Waals surface area contributed by atoms with Crippen molar-refractivity contribution in [3.8, 4) is 0 Å². The largest absolute Gasteiger partial charge is 0.293 e. The Bertz CT molecular complexity index is 310. The molecule has 0 radical (unpaired) electrons. The first-order valence-corrected chi connectivity index (χ1v) is 8.28. The van der Waals surface area contributed by atoms with Gasteiger partial charge in [-0.3, -0.25) is 4.79 Å². The molecule has 0 fully saturated rings. The summed E-state index contributed by atoms with van der Waals surface area (Å²) in [5.74, 6) is 2.41. The second-order valence-corrected chi connectivity index (χ2v) is 6.22. The molecule has 0 atom stereocenters. The minimum absolute atomic E-state index is 0.271. The number of carbonyl (C=O) groups is 1. The van der Waals surface area contributed by atoms with E-state index in [4.69, 9.17) is 0 Å². The van der Waals surface area contributed by atoms with E-state index in [9.17, 15) is 4.79 Å². The van der Waals surface area contributed by atoms with Gasteiger partial charge in [-0.1, -0.05) is 32.1 Å². The molecule has 0 bridgehead atoms. The third kappa shape index (κ3) is 2.75. The van der Waals surface area contributed by atoms with Gasteiger partial charge in [-0.05, 0) is 24.0 Å². The van der Waals surface area contributed by atoms with E-state index < -0.39 is 0 Å². The second kappa shape index (κ2) is 5.97. The molecule has 16 heavy (non-hydrogen) atoms. The van der Waals surface area contributed by atoms with Crippen molar-refractivity contribution < 1.29 is 4.79 Å². The topological polar surface area (TPSA) is 17.1 Å². The number of ketones is 1. The number of thioether (sulfide) groups is 2. The molecule has 0 saturated carbocycles. The van der Waals surface area contributed by atoms with Gasteiger partial charge in [0.15, 0.2) is 5.78 Å². The third-order valence-corrected chi connectivity index (χ3v) is 4.44. The highest BCUT2D eigenvalue weighted by Gasteiger charge is 2.38. The van der Waals surface area contributed by atoms with Crippen molar-refractivity contribution in [3.05, 3.63) is 23.8 Å². The van der Waals surface area contributed by atoms with E-state index >= 15 is 0 Å². The van der Waals surface area contributed by atoms with Crippen LogP contribution in [0.4, 0.5) is 0 Å². The number of rotatable bonds is 5. The van der Waals surface area contributed by atoms with Crippen LogP contribution in [0.25, 0.3) is 0 Å². The molecule has 1 aliphatic rings. The Labute approximate surface area is 107 Å². The first-order chi connectivity index (χ1) is 7.57. The van der Waals surface area contributed by atoms with Crippen molar-refractivity contribution in [2.24, 2.45) is 11.3 Å². The first-order valence-electron chi connectivity index (χ1n) is 5.49. The highest BCUT2D eigenvalue weighted by atomic mass is 32.2. The fourth-order valence-corrected chi connectivity index (χ4v) is 3.83. The van der Waals surface area contributed by atoms with Gasteiger partial charge in [0.1, 0.15) is 0 Å². The molecule has 0 heterocycles. The molecule has 0 aromatic heterocycles. The lowest BCUT2D eigenvalue weighted by Crippen LogP contribution is -2.38. The van der Waals surface area contributed by atoms with Crippen LogP contribution in [-0.4, -0.2) is 29.8 Å². The summed E-state index contributed by atoms with van der Waals surface area (Å²) in [5.41, 5.74) is 0.707. The molecule has 0 amide bonds. The normalized spacial score (nSPS) is 19.1. The highest BCUT2D eigenvalue weighted by molar-refractivity contribution is 7.99.